The Bertz CT molecular complexity index is 693. The van der Waals surface area contributed by atoms with E-state index in [4.69, 9.17) is 11.6 Å². The zero-order valence-corrected chi connectivity index (χ0v) is 15.4. The van der Waals surface area contributed by atoms with Crippen LogP contribution in [0.4, 0.5) is 13.2 Å². The van der Waals surface area contributed by atoms with Crippen LogP contribution in [0.1, 0.15) is 35.2 Å². The molecule has 2 aliphatic rings. The lowest BCUT2D eigenvalue weighted by molar-refractivity contribution is -0.137. The first kappa shape index (κ1) is 20.4. The van der Waals surface area contributed by atoms with Crippen molar-refractivity contribution >= 4 is 17.5 Å². The highest BCUT2D eigenvalue weighted by molar-refractivity contribution is 6.33. The zero-order chi connectivity index (χ0) is 19.8. The fourth-order valence-corrected chi connectivity index (χ4v) is 3.98. The van der Waals surface area contributed by atoms with Gasteiger partial charge in [0.25, 0.3) is 5.91 Å². The van der Waals surface area contributed by atoms with Gasteiger partial charge in [0.1, 0.15) is 0 Å². The minimum absolute atomic E-state index is 0.0368. The monoisotopic (exact) mass is 406 g/mol. The Morgan fingerprint density at radius 1 is 1.11 bits per heavy atom. The average Bonchev–Trinajstić information content (AvgIpc) is 2.61. The molecule has 1 amide bonds. The third kappa shape index (κ3) is 4.56. The van der Waals surface area contributed by atoms with E-state index >= 15 is 0 Å². The smallest absolute Gasteiger partial charge is 0.393 e. The number of carbonyl (C=O) groups excluding carboxylic acids is 1. The summed E-state index contributed by atoms with van der Waals surface area (Å²) in [5.74, 6) is -0.613. The number of rotatable bonds is 2. The molecule has 9 heteroatoms. The first-order chi connectivity index (χ1) is 12.7. The van der Waals surface area contributed by atoms with Gasteiger partial charge in [-0.05, 0) is 37.5 Å². The molecule has 27 heavy (non-hydrogen) atoms. The molecule has 0 bridgehead atoms. The third-order valence-corrected chi connectivity index (χ3v) is 5.66. The summed E-state index contributed by atoms with van der Waals surface area (Å²) in [6.07, 6.45) is -3.88. The fraction of sp³-hybridized carbons (Fsp3) is 0.611. The Hall–Kier alpha value is -1.35. The lowest BCUT2D eigenvalue weighted by Crippen LogP contribution is -2.57. The number of nitrogens with zero attached hydrogens (tertiary/aromatic N) is 2. The molecule has 5 nitrogen and oxygen atoms in total. The zero-order valence-electron chi connectivity index (χ0n) is 14.6. The SMILES string of the molecule is O=C(c1cc(C(F)(F)F)ccc1Cl)N1CC[C@H](N2CCC(O)CC2)[C@@H](O)C1. The normalized spacial score (nSPS) is 25.6. The Balaban J connectivity index is 1.69. The maximum atomic E-state index is 12.9. The largest absolute Gasteiger partial charge is 0.416 e. The Labute approximate surface area is 160 Å². The van der Waals surface area contributed by atoms with Crippen molar-refractivity contribution in [3.8, 4) is 0 Å². The van der Waals surface area contributed by atoms with Crippen molar-refractivity contribution in [1.29, 1.82) is 0 Å². The number of aliphatic hydroxyl groups excluding tert-OH is 2. The minimum Gasteiger partial charge on any atom is -0.393 e. The van der Waals surface area contributed by atoms with E-state index < -0.39 is 23.8 Å². The summed E-state index contributed by atoms with van der Waals surface area (Å²) in [5.41, 5.74) is -1.14. The van der Waals surface area contributed by atoms with Gasteiger partial charge in [-0.3, -0.25) is 9.69 Å². The van der Waals surface area contributed by atoms with Gasteiger partial charge in [0.15, 0.2) is 0 Å². The fourth-order valence-electron chi connectivity index (χ4n) is 3.78. The molecule has 0 aliphatic carbocycles. The van der Waals surface area contributed by atoms with Gasteiger partial charge in [-0.1, -0.05) is 11.6 Å². The first-order valence-electron chi connectivity index (χ1n) is 8.93. The number of alkyl halides is 3. The van der Waals surface area contributed by atoms with Crippen molar-refractivity contribution in [2.45, 2.75) is 43.7 Å². The number of aliphatic hydroxyl groups is 2. The van der Waals surface area contributed by atoms with Crippen LogP contribution < -0.4 is 0 Å². The molecule has 0 spiro atoms. The number of piperidine rings is 2. The van der Waals surface area contributed by atoms with E-state index in [2.05, 4.69) is 4.90 Å². The summed E-state index contributed by atoms with van der Waals surface area (Å²) in [4.78, 5) is 16.1. The number of likely N-dealkylation sites (tertiary alicyclic amines) is 2. The molecule has 0 saturated carbocycles. The van der Waals surface area contributed by atoms with Gasteiger partial charge in [-0.15, -0.1) is 0 Å². The maximum absolute atomic E-state index is 12.9. The number of β-amino-alcohol motifs (C(OH)–C–C–N with tert-alkyl or cyclic N) is 1. The van der Waals surface area contributed by atoms with Crippen molar-refractivity contribution < 1.29 is 28.2 Å². The van der Waals surface area contributed by atoms with Gasteiger partial charge >= 0.3 is 6.18 Å². The third-order valence-electron chi connectivity index (χ3n) is 5.33. The van der Waals surface area contributed by atoms with Crippen LogP contribution in [0.15, 0.2) is 18.2 Å². The lowest BCUT2D eigenvalue weighted by atomic mass is 9.96. The van der Waals surface area contributed by atoms with E-state index in [0.29, 0.717) is 38.9 Å². The Morgan fingerprint density at radius 2 is 1.78 bits per heavy atom. The number of carbonyl (C=O) groups is 1. The van der Waals surface area contributed by atoms with Crippen molar-refractivity contribution in [1.82, 2.24) is 9.80 Å². The second-order valence-corrected chi connectivity index (χ2v) is 7.54. The summed E-state index contributed by atoms with van der Waals surface area (Å²) >= 11 is 5.95. The van der Waals surface area contributed by atoms with Gasteiger partial charge in [0.2, 0.25) is 0 Å². The van der Waals surface area contributed by atoms with Crippen molar-refractivity contribution in [3.63, 3.8) is 0 Å². The molecule has 3 rings (SSSR count). The molecule has 2 aliphatic heterocycles. The standard InChI is InChI=1S/C18H22ClF3N2O3/c19-14-2-1-11(18(20,21)22)9-13(14)17(27)24-8-5-15(16(26)10-24)23-6-3-12(25)4-7-23/h1-2,9,12,15-16,25-26H,3-8,10H2/t15-,16-/m0/s1. The number of hydrogen-bond donors (Lipinski definition) is 2. The van der Waals surface area contributed by atoms with E-state index in [1.165, 1.54) is 4.90 Å². The van der Waals surface area contributed by atoms with Crippen LogP contribution in [0.3, 0.4) is 0 Å². The minimum atomic E-state index is -4.56. The summed E-state index contributed by atoms with van der Waals surface area (Å²) < 4.78 is 38.8. The van der Waals surface area contributed by atoms with Crippen molar-refractivity contribution in [2.75, 3.05) is 26.2 Å². The second-order valence-electron chi connectivity index (χ2n) is 7.13. The molecule has 2 saturated heterocycles. The number of halogens is 4. The highest BCUT2D eigenvalue weighted by Gasteiger charge is 2.37. The van der Waals surface area contributed by atoms with Crippen LogP contribution in [0, 0.1) is 0 Å². The molecule has 2 heterocycles. The lowest BCUT2D eigenvalue weighted by Gasteiger charge is -2.43. The predicted octanol–water partition coefficient (Wildman–Crippen LogP) is 2.39. The quantitative estimate of drug-likeness (QED) is 0.791. The Kier molecular flexibility index (Phi) is 6.00. The summed E-state index contributed by atoms with van der Waals surface area (Å²) in [7, 11) is 0. The van der Waals surface area contributed by atoms with Gasteiger partial charge < -0.3 is 15.1 Å². The summed E-state index contributed by atoms with van der Waals surface area (Å²) in [5, 5.41) is 20.1. The van der Waals surface area contributed by atoms with Gasteiger partial charge in [-0.2, -0.15) is 13.2 Å². The van der Waals surface area contributed by atoms with Gasteiger partial charge in [0.05, 0.1) is 28.4 Å². The van der Waals surface area contributed by atoms with Crippen LogP contribution >= 0.6 is 11.6 Å². The molecule has 2 atom stereocenters. The topological polar surface area (TPSA) is 64.0 Å². The van der Waals surface area contributed by atoms with E-state index in [1.54, 1.807) is 0 Å². The predicted molar refractivity (Wildman–Crippen MR) is 93.6 cm³/mol. The molecule has 2 fully saturated rings. The number of benzene rings is 1. The molecule has 0 unspecified atom stereocenters. The summed E-state index contributed by atoms with van der Waals surface area (Å²) in [6, 6.07) is 2.54. The molecule has 150 valence electrons. The average molecular weight is 407 g/mol. The highest BCUT2D eigenvalue weighted by Crippen LogP contribution is 2.32. The molecular weight excluding hydrogens is 385 g/mol. The van der Waals surface area contributed by atoms with Crippen LogP contribution in [-0.2, 0) is 6.18 Å². The second kappa shape index (κ2) is 7.95. The van der Waals surface area contributed by atoms with Gasteiger partial charge in [0, 0.05) is 32.2 Å². The van der Waals surface area contributed by atoms with Crippen molar-refractivity contribution in [2.24, 2.45) is 0 Å². The first-order valence-corrected chi connectivity index (χ1v) is 9.31. The van der Waals surface area contributed by atoms with Crippen LogP contribution in [-0.4, -0.2) is 70.3 Å². The summed E-state index contributed by atoms with van der Waals surface area (Å²) in [6.45, 7) is 1.72. The molecule has 1 aromatic rings. The van der Waals surface area contributed by atoms with Crippen LogP contribution in [0.25, 0.3) is 0 Å². The maximum Gasteiger partial charge on any atom is 0.416 e. The van der Waals surface area contributed by atoms with E-state index in [-0.39, 0.29) is 29.3 Å². The molecule has 1 aromatic carbocycles. The van der Waals surface area contributed by atoms with E-state index in [9.17, 15) is 28.2 Å². The molecule has 0 aromatic heterocycles. The van der Waals surface area contributed by atoms with Crippen LogP contribution in [0.2, 0.25) is 5.02 Å². The van der Waals surface area contributed by atoms with Crippen molar-refractivity contribution in [3.05, 3.63) is 34.3 Å². The van der Waals surface area contributed by atoms with E-state index in [0.717, 1.165) is 18.2 Å². The number of amides is 1. The number of hydrogen-bond acceptors (Lipinski definition) is 4. The molecular formula is C18H22ClF3N2O3. The van der Waals surface area contributed by atoms with Gasteiger partial charge in [-0.25, -0.2) is 0 Å². The van der Waals surface area contributed by atoms with E-state index in [1.807, 2.05) is 0 Å². The molecule has 2 N–H and O–H groups in total. The Morgan fingerprint density at radius 3 is 2.37 bits per heavy atom. The highest BCUT2D eigenvalue weighted by atomic mass is 35.5. The molecule has 0 radical (unpaired) electrons. The van der Waals surface area contributed by atoms with Crippen LogP contribution in [0.5, 0.6) is 0 Å².